The number of aliphatic carboxylic acids is 1. The molecule has 116 valence electrons. The molecular formula is C14H17N4O3S+. The molecule has 3 N–H and O–H groups in total. The molecule has 1 aromatic heterocycles. The van der Waals surface area contributed by atoms with E-state index in [1.807, 2.05) is 31.3 Å². The lowest BCUT2D eigenvalue weighted by molar-refractivity contribution is -0.698. The Morgan fingerprint density at radius 3 is 2.64 bits per heavy atom. The summed E-state index contributed by atoms with van der Waals surface area (Å²) in [7, 11) is 1.82. The number of hydrogen-bond donors (Lipinski definition) is 3. The number of aromatic nitrogens is 3. The van der Waals surface area contributed by atoms with E-state index in [0.29, 0.717) is 11.6 Å². The number of carboxylic acids is 1. The summed E-state index contributed by atoms with van der Waals surface area (Å²) < 4.78 is 1.80. The van der Waals surface area contributed by atoms with Crippen molar-refractivity contribution in [3.05, 3.63) is 24.3 Å². The number of H-pyrrole nitrogens is 1. The van der Waals surface area contributed by atoms with E-state index in [0.717, 1.165) is 28.8 Å². The fourth-order valence-corrected chi connectivity index (χ4v) is 2.47. The summed E-state index contributed by atoms with van der Waals surface area (Å²) in [6, 6.07) is 7.36. The molecule has 0 saturated heterocycles. The van der Waals surface area contributed by atoms with Gasteiger partial charge in [-0.05, 0) is 36.0 Å². The average molecular weight is 321 g/mol. The number of thioether (sulfide) groups is 1. The van der Waals surface area contributed by atoms with Gasteiger partial charge in [0.2, 0.25) is 5.91 Å². The highest BCUT2D eigenvalue weighted by atomic mass is 32.2. The first-order valence-electron chi connectivity index (χ1n) is 6.70. The van der Waals surface area contributed by atoms with Crippen LogP contribution in [0, 0.1) is 0 Å². The van der Waals surface area contributed by atoms with Crippen LogP contribution in [0.5, 0.6) is 0 Å². The fourth-order valence-electron chi connectivity index (χ4n) is 1.82. The van der Waals surface area contributed by atoms with E-state index in [2.05, 4.69) is 15.5 Å². The molecule has 8 heteroatoms. The SMILES string of the molecule is CCC(=O)Nc1ccc(-c2[nH]nc(SCC(=O)O)[n+]2C)cc1. The third-order valence-corrected chi connectivity index (χ3v) is 3.98. The lowest BCUT2D eigenvalue weighted by atomic mass is 10.2. The predicted octanol–water partition coefficient (Wildman–Crippen LogP) is 1.43. The zero-order valence-electron chi connectivity index (χ0n) is 12.3. The molecule has 1 amide bonds. The zero-order valence-corrected chi connectivity index (χ0v) is 13.1. The standard InChI is InChI=1S/C14H16N4O3S/c1-3-11(19)15-10-6-4-9(5-7-10)13-16-17-14(18(13)2)22-8-12(20)21/h4-7H,3,8H2,1-2H3,(H2,15,16,19,20,21)/p+1. The molecule has 22 heavy (non-hydrogen) atoms. The number of benzene rings is 1. The molecule has 1 aromatic carbocycles. The van der Waals surface area contributed by atoms with Crippen LogP contribution in [0.1, 0.15) is 13.3 Å². The number of carbonyl (C=O) groups excluding carboxylic acids is 1. The highest BCUT2D eigenvalue weighted by molar-refractivity contribution is 7.99. The summed E-state index contributed by atoms with van der Waals surface area (Å²) in [5.74, 6) is -0.195. The number of amides is 1. The van der Waals surface area contributed by atoms with Gasteiger partial charge in [0.05, 0.1) is 17.7 Å². The first-order chi connectivity index (χ1) is 10.5. The monoisotopic (exact) mass is 321 g/mol. The number of rotatable bonds is 6. The first kappa shape index (κ1) is 16.0. The molecule has 0 aliphatic rings. The van der Waals surface area contributed by atoms with Crippen LogP contribution < -0.4 is 9.88 Å². The van der Waals surface area contributed by atoms with Gasteiger partial charge in [-0.1, -0.05) is 6.92 Å². The molecule has 2 rings (SSSR count). The molecule has 0 bridgehead atoms. The second-order valence-corrected chi connectivity index (χ2v) is 5.52. The molecule has 0 aliphatic carbocycles. The normalized spacial score (nSPS) is 10.5. The van der Waals surface area contributed by atoms with Gasteiger partial charge in [-0.2, -0.15) is 0 Å². The number of carboxylic acid groups (broad SMARTS) is 1. The van der Waals surface area contributed by atoms with E-state index >= 15 is 0 Å². The second kappa shape index (κ2) is 7.08. The van der Waals surface area contributed by atoms with E-state index in [4.69, 9.17) is 5.11 Å². The number of anilines is 1. The maximum absolute atomic E-state index is 11.3. The largest absolute Gasteiger partial charge is 0.481 e. The van der Waals surface area contributed by atoms with Gasteiger partial charge in [0, 0.05) is 12.1 Å². The Morgan fingerprint density at radius 2 is 2.05 bits per heavy atom. The number of aromatic amines is 1. The molecule has 2 aromatic rings. The highest BCUT2D eigenvalue weighted by Crippen LogP contribution is 2.19. The van der Waals surface area contributed by atoms with E-state index in [1.54, 1.807) is 11.5 Å². The molecule has 0 unspecified atom stereocenters. The van der Waals surface area contributed by atoms with Gasteiger partial charge in [0.1, 0.15) is 5.75 Å². The van der Waals surface area contributed by atoms with Crippen LogP contribution in [-0.4, -0.2) is 32.9 Å². The van der Waals surface area contributed by atoms with Crippen molar-refractivity contribution >= 4 is 29.3 Å². The number of nitrogens with zero attached hydrogens (tertiary/aromatic N) is 2. The van der Waals surface area contributed by atoms with Crippen molar-refractivity contribution in [1.82, 2.24) is 10.2 Å². The van der Waals surface area contributed by atoms with Crippen LogP contribution in [0.3, 0.4) is 0 Å². The zero-order chi connectivity index (χ0) is 16.1. The summed E-state index contributed by atoms with van der Waals surface area (Å²) in [4.78, 5) is 21.9. The van der Waals surface area contributed by atoms with E-state index in [1.165, 1.54) is 0 Å². The van der Waals surface area contributed by atoms with Gasteiger partial charge in [-0.15, -0.1) is 5.10 Å². The molecule has 0 spiro atoms. The highest BCUT2D eigenvalue weighted by Gasteiger charge is 2.19. The first-order valence-corrected chi connectivity index (χ1v) is 7.69. The van der Waals surface area contributed by atoms with E-state index in [-0.39, 0.29) is 11.7 Å². The van der Waals surface area contributed by atoms with Gasteiger partial charge in [0.15, 0.2) is 0 Å². The van der Waals surface area contributed by atoms with Crippen molar-refractivity contribution in [2.24, 2.45) is 7.05 Å². The summed E-state index contributed by atoms with van der Waals surface area (Å²) in [5, 5.41) is 19.1. The van der Waals surface area contributed by atoms with Crippen molar-refractivity contribution in [2.75, 3.05) is 11.1 Å². The van der Waals surface area contributed by atoms with E-state index < -0.39 is 5.97 Å². The molecule has 0 fully saturated rings. The molecular weight excluding hydrogens is 304 g/mol. The number of carbonyl (C=O) groups is 2. The van der Waals surface area contributed by atoms with E-state index in [9.17, 15) is 9.59 Å². The molecule has 0 saturated carbocycles. The molecule has 0 atom stereocenters. The molecule has 0 aliphatic heterocycles. The van der Waals surface area contributed by atoms with Gasteiger partial charge in [-0.3, -0.25) is 9.59 Å². The lowest BCUT2D eigenvalue weighted by Crippen LogP contribution is -2.31. The Labute approximate surface area is 131 Å². The van der Waals surface area contributed by atoms with Crippen molar-refractivity contribution in [3.8, 4) is 11.4 Å². The maximum atomic E-state index is 11.3. The molecule has 7 nitrogen and oxygen atoms in total. The average Bonchev–Trinajstić information content (AvgIpc) is 2.87. The molecule has 1 heterocycles. The Balaban J connectivity index is 2.15. The second-order valence-electron chi connectivity index (χ2n) is 4.58. The van der Waals surface area contributed by atoms with Crippen LogP contribution in [0.2, 0.25) is 0 Å². The summed E-state index contributed by atoms with van der Waals surface area (Å²) in [5.41, 5.74) is 1.63. The van der Waals surface area contributed by atoms with Crippen LogP contribution >= 0.6 is 11.8 Å². The predicted molar refractivity (Wildman–Crippen MR) is 82.5 cm³/mol. The lowest BCUT2D eigenvalue weighted by Gasteiger charge is -2.03. The minimum atomic E-state index is -0.884. The van der Waals surface area contributed by atoms with Gasteiger partial charge in [-0.25, -0.2) is 4.57 Å². The summed E-state index contributed by atoms with van der Waals surface area (Å²) in [6.45, 7) is 1.80. The number of hydrogen-bond acceptors (Lipinski definition) is 4. The van der Waals surface area contributed by atoms with Gasteiger partial charge < -0.3 is 10.4 Å². The smallest absolute Gasteiger partial charge is 0.337 e. The fraction of sp³-hybridized carbons (Fsp3) is 0.286. The minimum Gasteiger partial charge on any atom is -0.481 e. The molecule has 0 radical (unpaired) electrons. The van der Waals surface area contributed by atoms with Crippen molar-refractivity contribution in [1.29, 1.82) is 0 Å². The Hall–Kier alpha value is -2.35. The topological polar surface area (TPSA) is 99.0 Å². The Bertz CT molecular complexity index is 682. The van der Waals surface area contributed by atoms with Gasteiger partial charge >= 0.3 is 11.1 Å². The third kappa shape index (κ3) is 3.85. The summed E-state index contributed by atoms with van der Waals surface area (Å²) in [6.07, 6.45) is 0.432. The quantitative estimate of drug-likeness (QED) is 0.552. The Kier molecular flexibility index (Phi) is 5.16. The summed E-state index contributed by atoms with van der Waals surface area (Å²) >= 11 is 1.15. The number of nitrogens with one attached hydrogen (secondary N) is 2. The van der Waals surface area contributed by atoms with Crippen LogP contribution in [0.15, 0.2) is 29.4 Å². The van der Waals surface area contributed by atoms with Crippen LogP contribution in [0.4, 0.5) is 5.69 Å². The van der Waals surface area contributed by atoms with Crippen LogP contribution in [-0.2, 0) is 16.6 Å². The third-order valence-electron chi connectivity index (χ3n) is 2.97. The van der Waals surface area contributed by atoms with Crippen molar-refractivity contribution < 1.29 is 19.3 Å². The van der Waals surface area contributed by atoms with Crippen molar-refractivity contribution in [2.45, 2.75) is 18.5 Å². The van der Waals surface area contributed by atoms with Crippen molar-refractivity contribution in [3.63, 3.8) is 0 Å². The Morgan fingerprint density at radius 1 is 1.36 bits per heavy atom. The van der Waals surface area contributed by atoms with Crippen LogP contribution in [0.25, 0.3) is 11.4 Å². The maximum Gasteiger partial charge on any atom is 0.337 e. The van der Waals surface area contributed by atoms with Gasteiger partial charge in [0.25, 0.3) is 5.82 Å². The minimum absolute atomic E-state index is 0.0350.